The summed E-state index contributed by atoms with van der Waals surface area (Å²) in [6.45, 7) is 9.81. The summed E-state index contributed by atoms with van der Waals surface area (Å²) in [6.07, 6.45) is 0. The molecule has 0 radical (unpaired) electrons. The summed E-state index contributed by atoms with van der Waals surface area (Å²) < 4.78 is 15.9. The smallest absolute Gasteiger partial charge is 0.313 e. The van der Waals surface area contributed by atoms with Gasteiger partial charge in [0.25, 0.3) is 0 Å². The van der Waals surface area contributed by atoms with E-state index in [2.05, 4.69) is 6.07 Å². The molecule has 5 unspecified atom stereocenters. The second kappa shape index (κ2) is 10.4. The van der Waals surface area contributed by atoms with E-state index >= 15 is 0 Å². The molecule has 2 aliphatic rings. The van der Waals surface area contributed by atoms with E-state index in [4.69, 9.17) is 13.9 Å². The Morgan fingerprint density at radius 3 is 1.97 bits per heavy atom. The topological polar surface area (TPSA) is 103 Å². The molecule has 0 saturated heterocycles. The van der Waals surface area contributed by atoms with Gasteiger partial charge in [-0.2, -0.15) is 5.26 Å². The van der Waals surface area contributed by atoms with E-state index in [1.165, 1.54) is 14.2 Å². The molecule has 2 aromatic carbocycles. The second-order valence-electron chi connectivity index (χ2n) is 10.2. The first-order valence-corrected chi connectivity index (χ1v) is 15.3. The monoisotopic (exact) mass is 507 g/mol. The van der Waals surface area contributed by atoms with E-state index in [1.54, 1.807) is 13.0 Å². The number of hydrogen-bond acceptors (Lipinski definition) is 7. The minimum absolute atomic E-state index is 0.0287. The summed E-state index contributed by atoms with van der Waals surface area (Å²) in [4.78, 5) is 35.6. The highest BCUT2D eigenvalue weighted by Gasteiger charge is 2.55. The van der Waals surface area contributed by atoms with Gasteiger partial charge in [-0.1, -0.05) is 62.4 Å². The predicted octanol–water partition coefficient (Wildman–Crippen LogP) is 4.94. The van der Waals surface area contributed by atoms with Gasteiger partial charge in [0.05, 0.1) is 26.1 Å². The number of hydrogen-bond donors (Lipinski definition) is 0. The first kappa shape index (κ1) is 27.3. The van der Waals surface area contributed by atoms with Crippen molar-refractivity contribution >= 4 is 26.0 Å². The SMILES string of the molecule is COC(=O)C1c2ccccc2C(=O)C1C.COC(=O)C1c2ccccc2C(C#N)(O[Si](C)(C)C)C1C. The summed E-state index contributed by atoms with van der Waals surface area (Å²) in [5.74, 6) is -2.09. The van der Waals surface area contributed by atoms with Gasteiger partial charge in [-0.3, -0.25) is 14.4 Å². The quantitative estimate of drug-likeness (QED) is 0.427. The minimum atomic E-state index is -1.98. The number of rotatable bonds is 4. The number of nitriles is 1. The van der Waals surface area contributed by atoms with Crippen LogP contribution in [0.4, 0.5) is 0 Å². The van der Waals surface area contributed by atoms with E-state index in [1.807, 2.05) is 69.0 Å². The number of ketones is 1. The number of esters is 2. The molecule has 2 aliphatic carbocycles. The molecular weight excluding hydrogens is 474 g/mol. The number of methoxy groups -OCH3 is 2. The number of nitrogens with zero attached hydrogens (tertiary/aromatic N) is 1. The zero-order valence-corrected chi connectivity index (χ0v) is 22.8. The molecule has 190 valence electrons. The highest BCUT2D eigenvalue weighted by Crippen LogP contribution is 2.52. The van der Waals surface area contributed by atoms with Crippen molar-refractivity contribution in [2.45, 2.75) is 50.9 Å². The molecule has 0 N–H and O–H groups in total. The van der Waals surface area contributed by atoms with Crippen molar-refractivity contribution in [3.63, 3.8) is 0 Å². The van der Waals surface area contributed by atoms with Gasteiger partial charge in [0.15, 0.2) is 19.7 Å². The van der Waals surface area contributed by atoms with E-state index in [0.29, 0.717) is 5.56 Å². The number of fused-ring (bicyclic) bond motifs is 2. The van der Waals surface area contributed by atoms with Crippen molar-refractivity contribution < 1.29 is 28.3 Å². The van der Waals surface area contributed by atoms with Crippen molar-refractivity contribution in [3.8, 4) is 6.07 Å². The Hall–Kier alpha value is -3.28. The fraction of sp³-hybridized carbons (Fsp3) is 0.429. The molecule has 0 saturated carbocycles. The first-order valence-electron chi connectivity index (χ1n) is 11.9. The molecule has 4 rings (SSSR count). The van der Waals surface area contributed by atoms with Gasteiger partial charge in [-0.05, 0) is 30.8 Å². The van der Waals surface area contributed by atoms with Crippen LogP contribution in [0.25, 0.3) is 0 Å². The summed E-state index contributed by atoms with van der Waals surface area (Å²) in [6, 6.07) is 17.1. The molecule has 2 aromatic rings. The van der Waals surface area contributed by atoms with Crippen LogP contribution in [0.1, 0.15) is 52.7 Å². The Bertz CT molecular complexity index is 1210. The molecule has 7 nitrogen and oxygen atoms in total. The maximum atomic E-state index is 12.2. The van der Waals surface area contributed by atoms with E-state index < -0.39 is 25.8 Å². The van der Waals surface area contributed by atoms with Gasteiger partial charge in [0, 0.05) is 23.0 Å². The Balaban J connectivity index is 0.000000212. The molecule has 0 aromatic heterocycles. The Labute approximate surface area is 213 Å². The van der Waals surface area contributed by atoms with Gasteiger partial charge in [0.2, 0.25) is 0 Å². The number of Topliss-reactive ketones (excluding diaryl/α,β-unsaturated/α-hetero) is 1. The van der Waals surface area contributed by atoms with E-state index in [9.17, 15) is 19.6 Å². The van der Waals surface area contributed by atoms with Crippen LogP contribution in [0.2, 0.25) is 19.6 Å². The average Bonchev–Trinajstić information content (AvgIpc) is 3.25. The predicted molar refractivity (Wildman–Crippen MR) is 137 cm³/mol. The van der Waals surface area contributed by atoms with Crippen molar-refractivity contribution in [1.29, 1.82) is 5.26 Å². The van der Waals surface area contributed by atoms with E-state index in [-0.39, 0.29) is 29.6 Å². The molecule has 0 aliphatic heterocycles. The van der Waals surface area contributed by atoms with Crippen LogP contribution < -0.4 is 0 Å². The van der Waals surface area contributed by atoms with Crippen LogP contribution in [0.5, 0.6) is 0 Å². The number of carbonyl (C=O) groups excluding carboxylic acids is 3. The fourth-order valence-electron chi connectivity index (χ4n) is 5.25. The van der Waals surface area contributed by atoms with Crippen LogP contribution in [0, 0.1) is 23.2 Å². The molecule has 0 heterocycles. The third-order valence-corrected chi connectivity index (χ3v) is 7.79. The van der Waals surface area contributed by atoms with Gasteiger partial charge in [-0.15, -0.1) is 0 Å². The normalized spacial score (nSPS) is 26.1. The standard InChI is InChI=1S/C16H21NO3Si.C12H12O3/c1-11-14(15(18)19-2)12-8-6-7-9-13(12)16(11,10-17)20-21(3,4)5;1-7-10(12(14)15-2)8-5-3-4-6-9(8)11(7)13/h6-9,11,14H,1-5H3;3-7,10H,1-2H3. The van der Waals surface area contributed by atoms with Crippen molar-refractivity contribution in [1.82, 2.24) is 0 Å². The van der Waals surface area contributed by atoms with Crippen LogP contribution in [0.3, 0.4) is 0 Å². The lowest BCUT2D eigenvalue weighted by molar-refractivity contribution is -0.145. The largest absolute Gasteiger partial charge is 0.469 e. The highest BCUT2D eigenvalue weighted by molar-refractivity contribution is 6.69. The zero-order valence-electron chi connectivity index (χ0n) is 21.8. The first-order chi connectivity index (χ1) is 16.9. The Morgan fingerprint density at radius 2 is 1.42 bits per heavy atom. The second-order valence-corrected chi connectivity index (χ2v) is 14.6. The van der Waals surface area contributed by atoms with Crippen molar-refractivity contribution in [2.24, 2.45) is 11.8 Å². The maximum Gasteiger partial charge on any atom is 0.313 e. The van der Waals surface area contributed by atoms with Crippen molar-refractivity contribution in [3.05, 3.63) is 70.8 Å². The van der Waals surface area contributed by atoms with Gasteiger partial charge < -0.3 is 13.9 Å². The molecule has 0 spiro atoms. The zero-order chi connectivity index (χ0) is 26.8. The molecule has 0 amide bonds. The summed E-state index contributed by atoms with van der Waals surface area (Å²) in [5, 5.41) is 9.86. The minimum Gasteiger partial charge on any atom is -0.469 e. The fourth-order valence-corrected chi connectivity index (χ4v) is 6.55. The summed E-state index contributed by atoms with van der Waals surface area (Å²) in [5.41, 5.74) is 2.02. The van der Waals surface area contributed by atoms with Gasteiger partial charge in [0.1, 0.15) is 6.07 Å². The van der Waals surface area contributed by atoms with Gasteiger partial charge in [-0.25, -0.2) is 0 Å². The third kappa shape index (κ3) is 4.73. The Morgan fingerprint density at radius 1 is 0.889 bits per heavy atom. The molecule has 5 atom stereocenters. The lowest BCUT2D eigenvalue weighted by atomic mass is 9.86. The van der Waals surface area contributed by atoms with Gasteiger partial charge >= 0.3 is 11.9 Å². The number of ether oxygens (including phenoxy) is 2. The van der Waals surface area contributed by atoms with Crippen LogP contribution in [0.15, 0.2) is 48.5 Å². The molecular formula is C28H33NO6Si. The van der Waals surface area contributed by atoms with Crippen LogP contribution >= 0.6 is 0 Å². The Kier molecular flexibility index (Phi) is 7.87. The number of carbonyl (C=O) groups is 3. The highest BCUT2D eigenvalue weighted by atomic mass is 28.4. The summed E-state index contributed by atoms with van der Waals surface area (Å²) >= 11 is 0. The average molecular weight is 508 g/mol. The lowest BCUT2D eigenvalue weighted by Gasteiger charge is -2.35. The van der Waals surface area contributed by atoms with Crippen molar-refractivity contribution in [2.75, 3.05) is 14.2 Å². The van der Waals surface area contributed by atoms with Crippen LogP contribution in [-0.2, 0) is 29.1 Å². The third-order valence-electron chi connectivity index (χ3n) is 6.86. The number of benzene rings is 2. The molecule has 0 fully saturated rings. The van der Waals surface area contributed by atoms with E-state index in [0.717, 1.165) is 16.7 Å². The maximum absolute atomic E-state index is 12.2. The molecule has 36 heavy (non-hydrogen) atoms. The lowest BCUT2D eigenvalue weighted by Crippen LogP contribution is -2.43. The summed E-state index contributed by atoms with van der Waals surface area (Å²) in [7, 11) is 0.751. The molecule has 0 bridgehead atoms. The van der Waals surface area contributed by atoms with Crippen LogP contribution in [-0.4, -0.2) is 40.3 Å². The molecule has 8 heteroatoms.